The zero-order valence-electron chi connectivity index (χ0n) is 14.2. The van der Waals surface area contributed by atoms with Crippen LogP contribution < -0.4 is 5.32 Å². The monoisotopic (exact) mass is 446 g/mol. The van der Waals surface area contributed by atoms with Gasteiger partial charge in [-0.2, -0.15) is 5.10 Å². The average molecular weight is 446 g/mol. The molecule has 1 amide bonds. The van der Waals surface area contributed by atoms with Crippen LogP contribution in [0.4, 0.5) is 5.69 Å². The van der Waals surface area contributed by atoms with Crippen molar-refractivity contribution in [2.45, 2.75) is 38.6 Å². The molecule has 2 heterocycles. The fraction of sp³-hybridized carbons (Fsp3) is 0.316. The lowest BCUT2D eigenvalue weighted by Gasteiger charge is -2.11. The molecule has 6 heteroatoms. The maximum atomic E-state index is 12.9. The minimum Gasteiger partial charge on any atom is -0.322 e. The number of nitrogens with one attached hydrogen (secondary N) is 1. The number of anilines is 1. The molecule has 0 bridgehead atoms. The number of hydrogen-bond acceptors (Lipinski definition) is 3. The maximum Gasteiger partial charge on any atom is 0.256 e. The summed E-state index contributed by atoms with van der Waals surface area (Å²) in [6, 6.07) is 9.92. The average Bonchev–Trinajstić information content (AvgIpc) is 3.35. The molecule has 5 nitrogen and oxygen atoms in total. The molecule has 0 saturated heterocycles. The minimum atomic E-state index is -0.112. The molecule has 1 aromatic carbocycles. The van der Waals surface area contributed by atoms with E-state index in [1.807, 2.05) is 35.0 Å². The van der Waals surface area contributed by atoms with Gasteiger partial charge in [0.15, 0.2) is 5.65 Å². The van der Waals surface area contributed by atoms with Crippen molar-refractivity contribution < 1.29 is 4.79 Å². The Kier molecular flexibility index (Phi) is 4.23. The number of amides is 1. The Morgan fingerprint density at radius 2 is 2.00 bits per heavy atom. The van der Waals surface area contributed by atoms with Gasteiger partial charge in [0.25, 0.3) is 5.91 Å². The highest BCUT2D eigenvalue weighted by Crippen LogP contribution is 2.40. The summed E-state index contributed by atoms with van der Waals surface area (Å²) in [4.78, 5) is 17.7. The van der Waals surface area contributed by atoms with E-state index in [1.54, 1.807) is 6.20 Å². The van der Waals surface area contributed by atoms with Crippen molar-refractivity contribution >= 4 is 45.2 Å². The molecular weight excluding hydrogens is 427 g/mol. The van der Waals surface area contributed by atoms with Crippen molar-refractivity contribution in [2.24, 2.45) is 0 Å². The number of rotatable bonds is 4. The predicted molar refractivity (Wildman–Crippen MR) is 107 cm³/mol. The van der Waals surface area contributed by atoms with Gasteiger partial charge in [0.1, 0.15) is 0 Å². The first kappa shape index (κ1) is 16.5. The molecular formula is C19H19IN4O. The molecule has 1 aliphatic rings. The molecule has 3 aromatic rings. The molecule has 0 spiro atoms. The van der Waals surface area contributed by atoms with Crippen LogP contribution in [-0.2, 0) is 0 Å². The molecule has 1 saturated carbocycles. The highest BCUT2D eigenvalue weighted by Gasteiger charge is 2.28. The quantitative estimate of drug-likeness (QED) is 0.589. The van der Waals surface area contributed by atoms with Gasteiger partial charge in [-0.05, 0) is 79.6 Å². The van der Waals surface area contributed by atoms with Crippen molar-refractivity contribution in [3.63, 3.8) is 0 Å². The number of nitrogens with zero attached hydrogens (tertiary/aromatic N) is 3. The first-order valence-corrected chi connectivity index (χ1v) is 9.56. The first-order chi connectivity index (χ1) is 12.0. The zero-order chi connectivity index (χ0) is 17.6. The van der Waals surface area contributed by atoms with E-state index in [2.05, 4.69) is 46.9 Å². The Labute approximate surface area is 160 Å². The zero-order valence-corrected chi connectivity index (χ0v) is 16.3. The smallest absolute Gasteiger partial charge is 0.256 e. The second-order valence-electron chi connectivity index (χ2n) is 6.75. The molecule has 0 unspecified atom stereocenters. The normalized spacial score (nSPS) is 14.2. The molecule has 128 valence electrons. The van der Waals surface area contributed by atoms with E-state index in [1.165, 1.54) is 0 Å². The summed E-state index contributed by atoms with van der Waals surface area (Å²) in [5, 5.41) is 8.25. The maximum absolute atomic E-state index is 12.9. The van der Waals surface area contributed by atoms with Gasteiger partial charge in [-0.25, -0.2) is 9.67 Å². The molecule has 0 aliphatic heterocycles. The molecule has 25 heavy (non-hydrogen) atoms. The van der Waals surface area contributed by atoms with Gasteiger partial charge in [-0.3, -0.25) is 4.79 Å². The van der Waals surface area contributed by atoms with Gasteiger partial charge >= 0.3 is 0 Å². The number of pyridine rings is 1. The van der Waals surface area contributed by atoms with Crippen molar-refractivity contribution in [1.82, 2.24) is 14.8 Å². The first-order valence-electron chi connectivity index (χ1n) is 8.48. The summed E-state index contributed by atoms with van der Waals surface area (Å²) in [5.41, 5.74) is 3.24. The lowest BCUT2D eigenvalue weighted by molar-refractivity contribution is 0.102. The van der Waals surface area contributed by atoms with E-state index in [-0.39, 0.29) is 11.9 Å². The standard InChI is InChI=1S/C19H19IN4O/c1-11(2)24-18-16(10-21-24)15(9-17(23-18)12-3-4-12)19(25)22-14-7-5-13(20)6-8-14/h5-12H,3-4H2,1-2H3,(H,22,25). The van der Waals surface area contributed by atoms with Crippen LogP contribution in [0.25, 0.3) is 11.0 Å². The molecule has 1 N–H and O–H groups in total. The lowest BCUT2D eigenvalue weighted by atomic mass is 10.1. The lowest BCUT2D eigenvalue weighted by Crippen LogP contribution is -2.14. The van der Waals surface area contributed by atoms with E-state index < -0.39 is 0 Å². The highest BCUT2D eigenvalue weighted by molar-refractivity contribution is 14.1. The van der Waals surface area contributed by atoms with Gasteiger partial charge in [0, 0.05) is 26.9 Å². The molecule has 4 rings (SSSR count). The number of aromatic nitrogens is 3. The van der Waals surface area contributed by atoms with E-state index in [0.717, 1.165) is 38.8 Å². The van der Waals surface area contributed by atoms with Crippen LogP contribution in [0.1, 0.15) is 54.7 Å². The predicted octanol–water partition coefficient (Wildman–Crippen LogP) is 4.75. The van der Waals surface area contributed by atoms with Gasteiger partial charge in [-0.1, -0.05) is 0 Å². The Bertz CT molecular complexity index is 942. The van der Waals surface area contributed by atoms with E-state index in [4.69, 9.17) is 4.98 Å². The van der Waals surface area contributed by atoms with E-state index in [0.29, 0.717) is 11.5 Å². The summed E-state index contributed by atoms with van der Waals surface area (Å²) in [6.07, 6.45) is 4.04. The highest BCUT2D eigenvalue weighted by atomic mass is 127. The van der Waals surface area contributed by atoms with Crippen molar-refractivity contribution in [2.75, 3.05) is 5.32 Å². The molecule has 1 fully saturated rings. The van der Waals surface area contributed by atoms with Crippen LogP contribution in [0.15, 0.2) is 36.5 Å². The molecule has 2 aromatic heterocycles. The molecule has 0 radical (unpaired) electrons. The third-order valence-corrected chi connectivity index (χ3v) is 5.14. The van der Waals surface area contributed by atoms with Crippen LogP contribution in [-0.4, -0.2) is 20.7 Å². The van der Waals surface area contributed by atoms with Gasteiger partial charge in [-0.15, -0.1) is 0 Å². The number of fused-ring (bicyclic) bond motifs is 1. The SMILES string of the molecule is CC(C)n1ncc2c(C(=O)Nc3ccc(I)cc3)cc(C3CC3)nc21. The van der Waals surface area contributed by atoms with Crippen LogP contribution in [0, 0.1) is 3.57 Å². The third-order valence-electron chi connectivity index (χ3n) is 4.42. The summed E-state index contributed by atoms with van der Waals surface area (Å²) >= 11 is 2.25. The van der Waals surface area contributed by atoms with Crippen LogP contribution in [0.5, 0.6) is 0 Å². The van der Waals surface area contributed by atoms with Crippen molar-refractivity contribution in [3.05, 3.63) is 51.4 Å². The van der Waals surface area contributed by atoms with Gasteiger partial charge in [0.05, 0.1) is 17.1 Å². The number of benzene rings is 1. The number of carbonyl (C=O) groups excluding carboxylic acids is 1. The van der Waals surface area contributed by atoms with Crippen LogP contribution in [0.3, 0.4) is 0 Å². The fourth-order valence-electron chi connectivity index (χ4n) is 2.92. The third kappa shape index (κ3) is 3.27. The second kappa shape index (κ2) is 6.40. The Morgan fingerprint density at radius 3 is 2.64 bits per heavy atom. The number of carbonyl (C=O) groups is 1. The van der Waals surface area contributed by atoms with Gasteiger partial charge in [0.2, 0.25) is 0 Å². The van der Waals surface area contributed by atoms with E-state index >= 15 is 0 Å². The second-order valence-corrected chi connectivity index (χ2v) is 8.00. The fourth-order valence-corrected chi connectivity index (χ4v) is 3.28. The summed E-state index contributed by atoms with van der Waals surface area (Å²) < 4.78 is 3.03. The van der Waals surface area contributed by atoms with Crippen LogP contribution in [0.2, 0.25) is 0 Å². The summed E-state index contributed by atoms with van der Waals surface area (Å²) in [6.45, 7) is 4.15. The topological polar surface area (TPSA) is 59.8 Å². The Morgan fingerprint density at radius 1 is 1.28 bits per heavy atom. The molecule has 0 atom stereocenters. The van der Waals surface area contributed by atoms with Gasteiger partial charge < -0.3 is 5.32 Å². The Hall–Kier alpha value is -1.96. The number of hydrogen-bond donors (Lipinski definition) is 1. The summed E-state index contributed by atoms with van der Waals surface area (Å²) in [7, 11) is 0. The minimum absolute atomic E-state index is 0.112. The van der Waals surface area contributed by atoms with Crippen LogP contribution >= 0.6 is 22.6 Å². The number of halogens is 1. The molecule has 1 aliphatic carbocycles. The Balaban J connectivity index is 1.76. The largest absolute Gasteiger partial charge is 0.322 e. The van der Waals surface area contributed by atoms with Crippen molar-refractivity contribution in [3.8, 4) is 0 Å². The van der Waals surface area contributed by atoms with Crippen molar-refractivity contribution in [1.29, 1.82) is 0 Å². The van der Waals surface area contributed by atoms with E-state index in [9.17, 15) is 4.79 Å². The summed E-state index contributed by atoms with van der Waals surface area (Å²) in [5.74, 6) is 0.364.